The molecule has 1 heterocycles. The number of rotatable bonds is 6. The van der Waals surface area contributed by atoms with E-state index in [1.807, 2.05) is 14.0 Å². The van der Waals surface area contributed by atoms with Crippen LogP contribution in [0.15, 0.2) is 42.5 Å². The molecule has 0 saturated heterocycles. The van der Waals surface area contributed by atoms with Crippen LogP contribution >= 0.6 is 0 Å². The van der Waals surface area contributed by atoms with Crippen LogP contribution < -0.4 is 5.32 Å². The Bertz CT molecular complexity index is 901. The number of aryl methyl sites for hydroxylation is 3. The van der Waals surface area contributed by atoms with Gasteiger partial charge >= 0.3 is 0 Å². The van der Waals surface area contributed by atoms with Crippen LogP contribution in [0.5, 0.6) is 0 Å². The summed E-state index contributed by atoms with van der Waals surface area (Å²) in [6.45, 7) is 2.54. The fourth-order valence-electron chi connectivity index (χ4n) is 2.91. The fourth-order valence-corrected chi connectivity index (χ4v) is 2.91. The molecule has 0 aliphatic heterocycles. The third kappa shape index (κ3) is 4.05. The molecule has 1 amide bonds. The van der Waals surface area contributed by atoms with Crippen molar-refractivity contribution in [3.8, 4) is 0 Å². The fraction of sp³-hybridized carbons (Fsp3) is 0.300. The Hall–Kier alpha value is -2.69. The van der Waals surface area contributed by atoms with Crippen molar-refractivity contribution >= 4 is 16.9 Å². The summed E-state index contributed by atoms with van der Waals surface area (Å²) in [5.74, 6) is 0.667. The van der Waals surface area contributed by atoms with E-state index in [1.165, 1.54) is 6.07 Å². The molecule has 4 nitrogen and oxygen atoms in total. The molecule has 25 heavy (non-hydrogen) atoms. The van der Waals surface area contributed by atoms with Crippen molar-refractivity contribution in [3.63, 3.8) is 0 Å². The number of fused-ring (bicyclic) bond motifs is 1. The van der Waals surface area contributed by atoms with E-state index < -0.39 is 0 Å². The molecule has 0 aliphatic carbocycles. The van der Waals surface area contributed by atoms with Gasteiger partial charge in [-0.2, -0.15) is 0 Å². The van der Waals surface area contributed by atoms with Crippen molar-refractivity contribution < 1.29 is 9.18 Å². The lowest BCUT2D eigenvalue weighted by molar-refractivity contribution is -0.121. The van der Waals surface area contributed by atoms with E-state index >= 15 is 0 Å². The van der Waals surface area contributed by atoms with Crippen LogP contribution in [0.2, 0.25) is 0 Å². The number of aromatic nitrogens is 2. The van der Waals surface area contributed by atoms with Crippen molar-refractivity contribution in [2.24, 2.45) is 7.05 Å². The smallest absolute Gasteiger partial charge is 0.220 e. The van der Waals surface area contributed by atoms with E-state index in [0.717, 1.165) is 28.8 Å². The summed E-state index contributed by atoms with van der Waals surface area (Å²) in [7, 11) is 2.00. The van der Waals surface area contributed by atoms with Gasteiger partial charge in [0.15, 0.2) is 0 Å². The molecule has 130 valence electrons. The molecular formula is C20H22FN3O. The molecule has 0 radical (unpaired) electrons. The average Bonchev–Trinajstić information content (AvgIpc) is 2.88. The summed E-state index contributed by atoms with van der Waals surface area (Å²) in [5, 5.41) is 2.90. The molecule has 3 aromatic rings. The van der Waals surface area contributed by atoms with Crippen molar-refractivity contribution in [1.29, 1.82) is 0 Å². The normalized spacial score (nSPS) is 11.0. The van der Waals surface area contributed by atoms with E-state index in [1.54, 1.807) is 18.2 Å². The van der Waals surface area contributed by atoms with Gasteiger partial charge in [-0.25, -0.2) is 9.37 Å². The molecule has 0 unspecified atom stereocenters. The molecule has 0 saturated carbocycles. The molecule has 0 spiro atoms. The van der Waals surface area contributed by atoms with Crippen LogP contribution in [0.1, 0.15) is 23.4 Å². The minimum Gasteiger partial charge on any atom is -0.356 e. The highest BCUT2D eigenvalue weighted by atomic mass is 19.1. The topological polar surface area (TPSA) is 46.9 Å². The van der Waals surface area contributed by atoms with Gasteiger partial charge in [-0.1, -0.05) is 24.3 Å². The summed E-state index contributed by atoms with van der Waals surface area (Å²) >= 11 is 0. The SMILES string of the molecule is Cc1nc2cc(CCNC(=O)CCc3ccccc3F)ccc2n1C. The second-order valence-electron chi connectivity index (χ2n) is 6.23. The molecule has 1 aromatic heterocycles. The Morgan fingerprint density at radius 1 is 1.20 bits per heavy atom. The van der Waals surface area contributed by atoms with Gasteiger partial charge in [0.05, 0.1) is 11.0 Å². The zero-order valence-corrected chi connectivity index (χ0v) is 14.6. The number of imidazole rings is 1. The summed E-state index contributed by atoms with van der Waals surface area (Å²) in [5.41, 5.74) is 3.80. The van der Waals surface area contributed by atoms with E-state index in [2.05, 4.69) is 33.1 Å². The highest BCUT2D eigenvalue weighted by Crippen LogP contribution is 2.16. The molecule has 0 atom stereocenters. The Balaban J connectivity index is 1.49. The quantitative estimate of drug-likeness (QED) is 0.749. The third-order valence-corrected chi connectivity index (χ3v) is 4.48. The van der Waals surface area contributed by atoms with E-state index in [-0.39, 0.29) is 11.7 Å². The zero-order chi connectivity index (χ0) is 17.8. The summed E-state index contributed by atoms with van der Waals surface area (Å²) in [4.78, 5) is 16.5. The maximum absolute atomic E-state index is 13.5. The molecule has 0 aliphatic rings. The molecule has 0 fully saturated rings. The molecular weight excluding hydrogens is 317 g/mol. The highest BCUT2D eigenvalue weighted by molar-refractivity contribution is 5.77. The number of benzene rings is 2. The van der Waals surface area contributed by atoms with Crippen molar-refractivity contribution in [1.82, 2.24) is 14.9 Å². The van der Waals surface area contributed by atoms with Crippen LogP contribution in [0, 0.1) is 12.7 Å². The van der Waals surface area contributed by atoms with Gasteiger partial charge in [0, 0.05) is 20.0 Å². The standard InChI is InChI=1S/C20H22FN3O/c1-14-23-18-13-15(7-9-19(18)24(14)2)11-12-22-20(25)10-8-16-5-3-4-6-17(16)21/h3-7,9,13H,8,10-12H2,1-2H3,(H,22,25). The van der Waals surface area contributed by atoms with Crippen LogP contribution in [0.25, 0.3) is 11.0 Å². The van der Waals surface area contributed by atoms with Crippen LogP contribution in [-0.4, -0.2) is 22.0 Å². The average molecular weight is 339 g/mol. The first kappa shape index (κ1) is 17.1. The van der Waals surface area contributed by atoms with Gasteiger partial charge in [-0.05, 0) is 49.1 Å². The van der Waals surface area contributed by atoms with Gasteiger partial charge in [0.1, 0.15) is 11.6 Å². The lowest BCUT2D eigenvalue weighted by Crippen LogP contribution is -2.25. The monoisotopic (exact) mass is 339 g/mol. The Labute approximate surface area is 146 Å². The molecule has 0 bridgehead atoms. The Morgan fingerprint density at radius 2 is 2.00 bits per heavy atom. The summed E-state index contributed by atoms with van der Waals surface area (Å²) in [6, 6.07) is 12.8. The second kappa shape index (κ2) is 7.47. The first-order valence-electron chi connectivity index (χ1n) is 8.46. The lowest BCUT2D eigenvalue weighted by Gasteiger charge is -2.06. The maximum Gasteiger partial charge on any atom is 0.220 e. The van der Waals surface area contributed by atoms with E-state index in [4.69, 9.17) is 0 Å². The molecule has 1 N–H and O–H groups in total. The van der Waals surface area contributed by atoms with Gasteiger partial charge in [-0.3, -0.25) is 4.79 Å². The molecule has 5 heteroatoms. The third-order valence-electron chi connectivity index (χ3n) is 4.48. The van der Waals surface area contributed by atoms with Crippen LogP contribution in [-0.2, 0) is 24.7 Å². The van der Waals surface area contributed by atoms with Crippen LogP contribution in [0.3, 0.4) is 0 Å². The first-order valence-corrected chi connectivity index (χ1v) is 8.46. The maximum atomic E-state index is 13.5. The number of amides is 1. The number of nitrogens with one attached hydrogen (secondary N) is 1. The minimum absolute atomic E-state index is 0.0574. The number of nitrogens with zero attached hydrogens (tertiary/aromatic N) is 2. The molecule has 3 rings (SSSR count). The van der Waals surface area contributed by atoms with E-state index in [9.17, 15) is 9.18 Å². The van der Waals surface area contributed by atoms with Gasteiger partial charge in [-0.15, -0.1) is 0 Å². The van der Waals surface area contributed by atoms with Crippen LogP contribution in [0.4, 0.5) is 4.39 Å². The molecule has 2 aromatic carbocycles. The van der Waals surface area contributed by atoms with E-state index in [0.29, 0.717) is 24.9 Å². The Morgan fingerprint density at radius 3 is 2.80 bits per heavy atom. The predicted octanol–water partition coefficient (Wildman–Crippen LogP) is 3.31. The second-order valence-corrected chi connectivity index (χ2v) is 6.23. The largest absolute Gasteiger partial charge is 0.356 e. The number of hydrogen-bond acceptors (Lipinski definition) is 2. The van der Waals surface area contributed by atoms with Gasteiger partial charge < -0.3 is 9.88 Å². The van der Waals surface area contributed by atoms with Crippen molar-refractivity contribution in [2.45, 2.75) is 26.2 Å². The number of carbonyl (C=O) groups excluding carboxylic acids is 1. The Kier molecular flexibility index (Phi) is 5.12. The number of halogens is 1. The van der Waals surface area contributed by atoms with Crippen molar-refractivity contribution in [3.05, 3.63) is 65.2 Å². The number of carbonyl (C=O) groups is 1. The summed E-state index contributed by atoms with van der Waals surface area (Å²) < 4.78 is 15.6. The lowest BCUT2D eigenvalue weighted by atomic mass is 10.1. The number of hydrogen-bond donors (Lipinski definition) is 1. The highest BCUT2D eigenvalue weighted by Gasteiger charge is 2.07. The zero-order valence-electron chi connectivity index (χ0n) is 14.6. The first-order chi connectivity index (χ1) is 12.0. The van der Waals surface area contributed by atoms with Gasteiger partial charge in [0.25, 0.3) is 0 Å². The summed E-state index contributed by atoms with van der Waals surface area (Å²) in [6.07, 6.45) is 1.45. The van der Waals surface area contributed by atoms with Crippen molar-refractivity contribution in [2.75, 3.05) is 6.54 Å². The minimum atomic E-state index is -0.255. The van der Waals surface area contributed by atoms with Gasteiger partial charge in [0.2, 0.25) is 5.91 Å². The predicted molar refractivity (Wildman–Crippen MR) is 96.9 cm³/mol.